The molecule has 22 heavy (non-hydrogen) atoms. The molecular formula is C19H15NO2. The molecule has 0 aromatic heterocycles. The standard InChI is InChI=1S/C19H15NO2/c1-13(2)11-19(15-9-7-14(12-20)8-10-15)17-6-4-3-5-16(17)18(21)22-19/h3-11H,1-2H3. The topological polar surface area (TPSA) is 50.1 Å². The average molecular weight is 289 g/mol. The molecular weight excluding hydrogens is 274 g/mol. The summed E-state index contributed by atoms with van der Waals surface area (Å²) >= 11 is 0. The van der Waals surface area contributed by atoms with E-state index in [2.05, 4.69) is 6.07 Å². The molecule has 2 aromatic rings. The van der Waals surface area contributed by atoms with Gasteiger partial charge in [0.25, 0.3) is 0 Å². The van der Waals surface area contributed by atoms with E-state index in [0.717, 1.165) is 16.7 Å². The molecule has 1 aliphatic rings. The third-order valence-corrected chi connectivity index (χ3v) is 3.74. The van der Waals surface area contributed by atoms with E-state index >= 15 is 0 Å². The number of ether oxygens (including phenoxy) is 1. The van der Waals surface area contributed by atoms with Gasteiger partial charge >= 0.3 is 5.97 Å². The lowest BCUT2D eigenvalue weighted by Gasteiger charge is -2.27. The lowest BCUT2D eigenvalue weighted by atomic mass is 9.84. The van der Waals surface area contributed by atoms with Gasteiger partial charge in [-0.1, -0.05) is 35.9 Å². The molecule has 3 nitrogen and oxygen atoms in total. The SMILES string of the molecule is CC(C)=CC1(c2ccc(C#N)cc2)OC(=O)c2ccccc21. The summed E-state index contributed by atoms with van der Waals surface area (Å²) in [6.07, 6.45) is 1.96. The maximum absolute atomic E-state index is 12.3. The summed E-state index contributed by atoms with van der Waals surface area (Å²) in [5.74, 6) is -0.322. The third-order valence-electron chi connectivity index (χ3n) is 3.74. The fourth-order valence-corrected chi connectivity index (χ4v) is 2.85. The fourth-order valence-electron chi connectivity index (χ4n) is 2.85. The molecule has 0 fully saturated rings. The van der Waals surface area contributed by atoms with Crippen LogP contribution in [0.5, 0.6) is 0 Å². The van der Waals surface area contributed by atoms with Crippen LogP contribution in [0.15, 0.2) is 60.2 Å². The quantitative estimate of drug-likeness (QED) is 0.621. The molecule has 3 heteroatoms. The summed E-state index contributed by atoms with van der Waals surface area (Å²) in [7, 11) is 0. The van der Waals surface area contributed by atoms with Crippen molar-refractivity contribution in [2.45, 2.75) is 19.4 Å². The van der Waals surface area contributed by atoms with Crippen molar-refractivity contribution < 1.29 is 9.53 Å². The van der Waals surface area contributed by atoms with E-state index in [9.17, 15) is 4.79 Å². The van der Waals surface area contributed by atoms with Crippen LogP contribution in [0.2, 0.25) is 0 Å². The molecule has 3 rings (SSSR count). The number of benzene rings is 2. The smallest absolute Gasteiger partial charge is 0.340 e. The largest absolute Gasteiger partial charge is 0.441 e. The minimum Gasteiger partial charge on any atom is -0.441 e. The zero-order valence-corrected chi connectivity index (χ0v) is 12.5. The van der Waals surface area contributed by atoms with Gasteiger partial charge in [-0.25, -0.2) is 4.79 Å². The minimum atomic E-state index is -0.916. The Balaban J connectivity index is 2.26. The van der Waals surface area contributed by atoms with Crippen LogP contribution in [0, 0.1) is 11.3 Å². The van der Waals surface area contributed by atoms with Crippen LogP contribution in [-0.4, -0.2) is 5.97 Å². The van der Waals surface area contributed by atoms with Crippen molar-refractivity contribution in [1.29, 1.82) is 5.26 Å². The van der Waals surface area contributed by atoms with Crippen molar-refractivity contribution in [2.24, 2.45) is 0 Å². The number of nitriles is 1. The molecule has 0 bridgehead atoms. The maximum Gasteiger partial charge on any atom is 0.340 e. The van der Waals surface area contributed by atoms with Gasteiger partial charge in [0.15, 0.2) is 5.60 Å². The van der Waals surface area contributed by atoms with Crippen LogP contribution in [0.3, 0.4) is 0 Å². The van der Waals surface area contributed by atoms with Gasteiger partial charge in [0, 0.05) is 11.1 Å². The van der Waals surface area contributed by atoms with Crippen molar-refractivity contribution in [3.8, 4) is 6.07 Å². The number of nitrogens with zero attached hydrogens (tertiary/aromatic N) is 1. The van der Waals surface area contributed by atoms with Crippen LogP contribution >= 0.6 is 0 Å². The summed E-state index contributed by atoms with van der Waals surface area (Å²) in [5.41, 5.74) is 2.98. The van der Waals surface area contributed by atoms with Crippen molar-refractivity contribution in [3.63, 3.8) is 0 Å². The maximum atomic E-state index is 12.3. The number of esters is 1. The van der Waals surface area contributed by atoms with Gasteiger partial charge < -0.3 is 4.74 Å². The number of allylic oxidation sites excluding steroid dienone is 1. The van der Waals surface area contributed by atoms with Crippen LogP contribution < -0.4 is 0 Å². The first kappa shape index (κ1) is 14.1. The Morgan fingerprint density at radius 3 is 2.45 bits per heavy atom. The minimum absolute atomic E-state index is 0.322. The second-order valence-electron chi connectivity index (χ2n) is 5.58. The number of fused-ring (bicyclic) bond motifs is 1. The van der Waals surface area contributed by atoms with E-state index < -0.39 is 5.60 Å². The molecule has 1 heterocycles. The van der Waals surface area contributed by atoms with E-state index in [-0.39, 0.29) is 5.97 Å². The van der Waals surface area contributed by atoms with E-state index in [4.69, 9.17) is 10.00 Å². The monoisotopic (exact) mass is 289 g/mol. The lowest BCUT2D eigenvalue weighted by molar-refractivity contribution is 0.0273. The van der Waals surface area contributed by atoms with Crippen LogP contribution in [-0.2, 0) is 10.3 Å². The van der Waals surface area contributed by atoms with Crippen LogP contribution in [0.1, 0.15) is 40.9 Å². The number of hydrogen-bond acceptors (Lipinski definition) is 3. The average Bonchev–Trinajstić information content (AvgIpc) is 2.81. The van der Waals surface area contributed by atoms with Crippen molar-refractivity contribution in [1.82, 2.24) is 0 Å². The molecule has 2 aromatic carbocycles. The summed E-state index contributed by atoms with van der Waals surface area (Å²) in [5, 5.41) is 8.96. The summed E-state index contributed by atoms with van der Waals surface area (Å²) in [4.78, 5) is 12.3. The molecule has 0 saturated heterocycles. The highest BCUT2D eigenvalue weighted by Gasteiger charge is 2.45. The molecule has 108 valence electrons. The summed E-state index contributed by atoms with van der Waals surface area (Å²) in [6, 6.07) is 16.7. The highest BCUT2D eigenvalue weighted by molar-refractivity contribution is 5.96. The number of rotatable bonds is 2. The second-order valence-corrected chi connectivity index (χ2v) is 5.58. The van der Waals surface area contributed by atoms with E-state index in [1.54, 1.807) is 18.2 Å². The number of carbonyl (C=O) groups excluding carboxylic acids is 1. The molecule has 0 radical (unpaired) electrons. The number of hydrogen-bond donors (Lipinski definition) is 0. The van der Waals surface area contributed by atoms with E-state index in [0.29, 0.717) is 11.1 Å². The summed E-state index contributed by atoms with van der Waals surface area (Å²) < 4.78 is 5.79. The second kappa shape index (κ2) is 5.16. The zero-order chi connectivity index (χ0) is 15.7. The van der Waals surface area contributed by atoms with Gasteiger partial charge in [-0.15, -0.1) is 0 Å². The summed E-state index contributed by atoms with van der Waals surface area (Å²) in [6.45, 7) is 3.94. The van der Waals surface area contributed by atoms with Crippen molar-refractivity contribution in [3.05, 3.63) is 82.4 Å². The van der Waals surface area contributed by atoms with Crippen LogP contribution in [0.25, 0.3) is 0 Å². The first-order valence-electron chi connectivity index (χ1n) is 7.06. The normalized spacial score (nSPS) is 19.0. The Hall–Kier alpha value is -2.86. The predicted octanol–water partition coefficient (Wildman–Crippen LogP) is 3.94. The highest BCUT2D eigenvalue weighted by atomic mass is 16.6. The molecule has 1 unspecified atom stereocenters. The van der Waals surface area contributed by atoms with Gasteiger partial charge in [0.2, 0.25) is 0 Å². The molecule has 1 aliphatic heterocycles. The molecule has 0 amide bonds. The Labute approximate surface area is 129 Å². The number of cyclic esters (lactones) is 1. The highest BCUT2D eigenvalue weighted by Crippen LogP contribution is 2.43. The Morgan fingerprint density at radius 2 is 1.82 bits per heavy atom. The zero-order valence-electron chi connectivity index (χ0n) is 12.5. The van der Waals surface area contributed by atoms with Crippen LogP contribution in [0.4, 0.5) is 0 Å². The van der Waals surface area contributed by atoms with Gasteiger partial charge in [-0.05, 0) is 38.1 Å². The Morgan fingerprint density at radius 1 is 1.14 bits per heavy atom. The third kappa shape index (κ3) is 2.10. The predicted molar refractivity (Wildman–Crippen MR) is 83.2 cm³/mol. The molecule has 0 saturated carbocycles. The van der Waals surface area contributed by atoms with E-state index in [1.165, 1.54) is 0 Å². The molecule has 0 spiro atoms. The molecule has 0 N–H and O–H groups in total. The number of carbonyl (C=O) groups is 1. The molecule has 1 atom stereocenters. The first-order chi connectivity index (χ1) is 10.6. The first-order valence-corrected chi connectivity index (χ1v) is 7.06. The Kier molecular flexibility index (Phi) is 3.30. The fraction of sp³-hybridized carbons (Fsp3) is 0.158. The van der Waals surface area contributed by atoms with Crippen molar-refractivity contribution >= 4 is 5.97 Å². The van der Waals surface area contributed by atoms with Gasteiger partial charge in [0.05, 0.1) is 17.2 Å². The Bertz CT molecular complexity index is 808. The lowest BCUT2D eigenvalue weighted by Crippen LogP contribution is -2.25. The van der Waals surface area contributed by atoms with E-state index in [1.807, 2.05) is 50.3 Å². The van der Waals surface area contributed by atoms with Gasteiger partial charge in [-0.3, -0.25) is 0 Å². The van der Waals surface area contributed by atoms with Gasteiger partial charge in [0.1, 0.15) is 0 Å². The van der Waals surface area contributed by atoms with Gasteiger partial charge in [-0.2, -0.15) is 5.26 Å². The molecule has 0 aliphatic carbocycles. The van der Waals surface area contributed by atoms with Crippen molar-refractivity contribution in [2.75, 3.05) is 0 Å².